The molecule has 0 atom stereocenters. The molecule has 0 aromatic heterocycles. The van der Waals surface area contributed by atoms with Gasteiger partial charge in [-0.15, -0.1) is 0 Å². The molecule has 4 rings (SSSR count). The second-order valence-corrected chi connectivity index (χ2v) is 8.66. The van der Waals surface area contributed by atoms with Crippen molar-refractivity contribution in [3.8, 4) is 0 Å². The number of benzene rings is 4. The van der Waals surface area contributed by atoms with Crippen LogP contribution in [0.15, 0.2) is 107 Å². The molecule has 2 N–H and O–H groups in total. The van der Waals surface area contributed by atoms with E-state index in [-0.39, 0.29) is 33.8 Å². The summed E-state index contributed by atoms with van der Waals surface area (Å²) in [5.41, 5.74) is 0.922. The van der Waals surface area contributed by atoms with E-state index < -0.39 is 11.9 Å². The van der Waals surface area contributed by atoms with E-state index in [0.29, 0.717) is 11.1 Å². The first kappa shape index (κ1) is 23.7. The standard InChI is InChI=1S/C28H18O6S/c29-25(21-5-1-3-7-23(21)27(31)32)17-9-13-19(14-10-17)35-20-15-11-18(12-16-20)26(30)22-6-2-4-8-24(22)28(33)34/h1-16H,(H,31,32)(H,33,34). The van der Waals surface area contributed by atoms with Crippen molar-refractivity contribution in [1.82, 2.24) is 0 Å². The highest BCUT2D eigenvalue weighted by Gasteiger charge is 2.18. The van der Waals surface area contributed by atoms with Gasteiger partial charge in [0.15, 0.2) is 11.6 Å². The van der Waals surface area contributed by atoms with E-state index in [1.807, 2.05) is 0 Å². The van der Waals surface area contributed by atoms with Gasteiger partial charge in [0, 0.05) is 32.0 Å². The Bertz CT molecular complexity index is 1330. The predicted octanol–water partition coefficient (Wildman–Crippen LogP) is 5.70. The maximum atomic E-state index is 12.8. The maximum absolute atomic E-state index is 12.8. The van der Waals surface area contributed by atoms with Crippen molar-refractivity contribution in [3.63, 3.8) is 0 Å². The highest BCUT2D eigenvalue weighted by molar-refractivity contribution is 7.99. The molecule has 0 aliphatic heterocycles. The lowest BCUT2D eigenvalue weighted by atomic mass is 9.98. The number of hydrogen-bond donors (Lipinski definition) is 2. The van der Waals surface area contributed by atoms with Crippen LogP contribution in [0.4, 0.5) is 0 Å². The Morgan fingerprint density at radius 3 is 1.09 bits per heavy atom. The predicted molar refractivity (Wildman–Crippen MR) is 131 cm³/mol. The fourth-order valence-electron chi connectivity index (χ4n) is 3.53. The zero-order valence-electron chi connectivity index (χ0n) is 18.2. The Kier molecular flexibility index (Phi) is 6.89. The van der Waals surface area contributed by atoms with Gasteiger partial charge in [-0.2, -0.15) is 0 Å². The monoisotopic (exact) mass is 482 g/mol. The first-order valence-electron chi connectivity index (χ1n) is 10.5. The number of rotatable bonds is 8. The molecule has 4 aromatic carbocycles. The van der Waals surface area contributed by atoms with E-state index in [2.05, 4.69) is 0 Å². The first-order valence-corrected chi connectivity index (χ1v) is 11.3. The zero-order chi connectivity index (χ0) is 24.9. The van der Waals surface area contributed by atoms with E-state index in [0.717, 1.165) is 9.79 Å². The summed E-state index contributed by atoms with van der Waals surface area (Å²) in [4.78, 5) is 50.1. The molecule has 4 aromatic rings. The Labute approximate surface area is 204 Å². The van der Waals surface area contributed by atoms with Gasteiger partial charge < -0.3 is 10.2 Å². The molecule has 0 aliphatic rings. The largest absolute Gasteiger partial charge is 0.478 e. The van der Waals surface area contributed by atoms with Crippen molar-refractivity contribution >= 4 is 35.3 Å². The van der Waals surface area contributed by atoms with E-state index in [1.165, 1.54) is 36.0 Å². The third-order valence-corrected chi connectivity index (χ3v) is 6.29. The number of hydrogen-bond acceptors (Lipinski definition) is 5. The van der Waals surface area contributed by atoms with Gasteiger partial charge in [-0.05, 0) is 60.7 Å². The van der Waals surface area contributed by atoms with Crippen molar-refractivity contribution < 1.29 is 29.4 Å². The molecular weight excluding hydrogens is 464 g/mol. The molecule has 0 aliphatic carbocycles. The summed E-state index contributed by atoms with van der Waals surface area (Å²) in [6.45, 7) is 0. The Balaban J connectivity index is 1.48. The molecule has 0 radical (unpaired) electrons. The molecule has 35 heavy (non-hydrogen) atoms. The first-order chi connectivity index (χ1) is 16.8. The lowest BCUT2D eigenvalue weighted by Crippen LogP contribution is -2.09. The SMILES string of the molecule is O=C(O)c1ccccc1C(=O)c1ccc(Sc2ccc(C(=O)c3ccccc3C(=O)O)cc2)cc1. The van der Waals surface area contributed by atoms with Crippen LogP contribution in [-0.2, 0) is 0 Å². The van der Waals surface area contributed by atoms with Crippen LogP contribution in [0.1, 0.15) is 52.6 Å². The van der Waals surface area contributed by atoms with Crippen LogP contribution in [0.3, 0.4) is 0 Å². The van der Waals surface area contributed by atoms with Crippen LogP contribution in [0, 0.1) is 0 Å². The number of carboxylic acids is 2. The van der Waals surface area contributed by atoms with Gasteiger partial charge in [-0.1, -0.05) is 48.2 Å². The van der Waals surface area contributed by atoms with Crippen molar-refractivity contribution in [3.05, 3.63) is 130 Å². The van der Waals surface area contributed by atoms with E-state index in [4.69, 9.17) is 0 Å². The van der Waals surface area contributed by atoms with Crippen LogP contribution in [-0.4, -0.2) is 33.7 Å². The second-order valence-electron chi connectivity index (χ2n) is 7.51. The van der Waals surface area contributed by atoms with Crippen LogP contribution >= 0.6 is 11.8 Å². The number of carboxylic acid groups (broad SMARTS) is 2. The molecule has 0 heterocycles. The van der Waals surface area contributed by atoms with Crippen LogP contribution < -0.4 is 0 Å². The summed E-state index contributed by atoms with van der Waals surface area (Å²) in [6, 6.07) is 25.8. The van der Waals surface area contributed by atoms with Crippen LogP contribution in [0.25, 0.3) is 0 Å². The fourth-order valence-corrected chi connectivity index (χ4v) is 4.35. The quantitative estimate of drug-likeness (QED) is 0.310. The minimum atomic E-state index is -1.16. The summed E-state index contributed by atoms with van der Waals surface area (Å²) in [7, 11) is 0. The minimum Gasteiger partial charge on any atom is -0.478 e. The number of ketones is 2. The van der Waals surface area contributed by atoms with Gasteiger partial charge in [-0.3, -0.25) is 9.59 Å². The van der Waals surface area contributed by atoms with Crippen molar-refractivity contribution in [1.29, 1.82) is 0 Å². The van der Waals surface area contributed by atoms with Gasteiger partial charge in [-0.25, -0.2) is 9.59 Å². The van der Waals surface area contributed by atoms with E-state index in [1.54, 1.807) is 72.8 Å². The second kappa shape index (κ2) is 10.2. The topological polar surface area (TPSA) is 109 Å². The Morgan fingerprint density at radius 1 is 0.457 bits per heavy atom. The van der Waals surface area contributed by atoms with Gasteiger partial charge in [0.25, 0.3) is 0 Å². The van der Waals surface area contributed by atoms with Crippen LogP contribution in [0.2, 0.25) is 0 Å². The number of aromatic carboxylic acids is 2. The van der Waals surface area contributed by atoms with Crippen molar-refractivity contribution in [2.45, 2.75) is 9.79 Å². The molecule has 0 unspecified atom stereocenters. The molecule has 0 spiro atoms. The maximum Gasteiger partial charge on any atom is 0.336 e. The third-order valence-electron chi connectivity index (χ3n) is 5.27. The zero-order valence-corrected chi connectivity index (χ0v) is 19.0. The fraction of sp³-hybridized carbons (Fsp3) is 0. The van der Waals surface area contributed by atoms with Gasteiger partial charge in [0.1, 0.15) is 0 Å². The number of carbonyl (C=O) groups excluding carboxylic acids is 2. The molecule has 6 nitrogen and oxygen atoms in total. The van der Waals surface area contributed by atoms with E-state index >= 15 is 0 Å². The minimum absolute atomic E-state index is 0.0448. The summed E-state index contributed by atoms with van der Waals surface area (Å²) in [5.74, 6) is -3.06. The smallest absolute Gasteiger partial charge is 0.336 e. The highest BCUT2D eigenvalue weighted by atomic mass is 32.2. The highest BCUT2D eigenvalue weighted by Crippen LogP contribution is 2.29. The molecule has 172 valence electrons. The molecule has 7 heteroatoms. The molecule has 0 amide bonds. The van der Waals surface area contributed by atoms with Crippen LogP contribution in [0.5, 0.6) is 0 Å². The molecule has 0 fully saturated rings. The van der Waals surface area contributed by atoms with Gasteiger partial charge in [0.05, 0.1) is 11.1 Å². The van der Waals surface area contributed by atoms with Gasteiger partial charge >= 0.3 is 11.9 Å². The molecular formula is C28H18O6S. The lowest BCUT2D eigenvalue weighted by molar-refractivity contribution is 0.0683. The Hall–Kier alpha value is -4.49. The summed E-state index contributed by atoms with van der Waals surface area (Å²) in [5, 5.41) is 18.6. The molecule has 0 bridgehead atoms. The molecule has 0 saturated heterocycles. The Morgan fingerprint density at radius 2 is 0.771 bits per heavy atom. The lowest BCUT2D eigenvalue weighted by Gasteiger charge is -2.08. The molecule has 0 saturated carbocycles. The van der Waals surface area contributed by atoms with Gasteiger partial charge in [0.2, 0.25) is 0 Å². The normalized spacial score (nSPS) is 10.5. The number of carbonyl (C=O) groups is 4. The summed E-state index contributed by atoms with van der Waals surface area (Å²) >= 11 is 1.43. The van der Waals surface area contributed by atoms with Crippen molar-refractivity contribution in [2.24, 2.45) is 0 Å². The average Bonchev–Trinajstić information content (AvgIpc) is 2.88. The summed E-state index contributed by atoms with van der Waals surface area (Å²) < 4.78 is 0. The van der Waals surface area contributed by atoms with E-state index in [9.17, 15) is 29.4 Å². The average molecular weight is 483 g/mol. The van der Waals surface area contributed by atoms with Crippen molar-refractivity contribution in [2.75, 3.05) is 0 Å². The third kappa shape index (κ3) is 5.20. The summed E-state index contributed by atoms with van der Waals surface area (Å²) in [6.07, 6.45) is 0.